The molecule has 1 aromatic rings. The van der Waals surface area contributed by atoms with Gasteiger partial charge in [0.1, 0.15) is 23.7 Å². The second-order valence-electron chi connectivity index (χ2n) is 9.13. The zero-order valence-electron chi connectivity index (χ0n) is 18.9. The summed E-state index contributed by atoms with van der Waals surface area (Å²) in [5.74, 6) is -3.76. The van der Waals surface area contributed by atoms with E-state index in [0.29, 0.717) is 0 Å². The summed E-state index contributed by atoms with van der Waals surface area (Å²) in [6.45, 7) is 13.3. The van der Waals surface area contributed by atoms with Crippen LogP contribution in [0.5, 0.6) is 17.2 Å². The number of carbonyl (C=O) groups is 1. The van der Waals surface area contributed by atoms with E-state index in [2.05, 4.69) is 25.0 Å². The van der Waals surface area contributed by atoms with Gasteiger partial charge in [0.2, 0.25) is 5.79 Å². The van der Waals surface area contributed by atoms with Gasteiger partial charge < -0.3 is 22.8 Å². The van der Waals surface area contributed by atoms with E-state index >= 15 is 0 Å². The molecule has 0 fully saturated rings. The average molecular weight is 501 g/mol. The van der Waals surface area contributed by atoms with Crippen LogP contribution in [0.25, 0.3) is 0 Å². The number of hydrogen-bond donors (Lipinski definition) is 0. The lowest BCUT2D eigenvalue weighted by molar-refractivity contribution is -0.127. The molecule has 0 radical (unpaired) electrons. The van der Waals surface area contributed by atoms with Crippen molar-refractivity contribution in [2.24, 2.45) is 0 Å². The van der Waals surface area contributed by atoms with Crippen molar-refractivity contribution >= 4 is 24.4 Å². The van der Waals surface area contributed by atoms with Gasteiger partial charge in [-0.2, -0.15) is 21.6 Å². The highest BCUT2D eigenvalue weighted by Gasteiger charge is 2.50. The molecule has 0 aliphatic carbocycles. The van der Waals surface area contributed by atoms with E-state index in [1.807, 2.05) is 13.1 Å². The minimum Gasteiger partial charge on any atom is -0.491 e. The highest BCUT2D eigenvalue weighted by atomic mass is 32.2. The zero-order valence-corrected chi connectivity index (χ0v) is 20.7. The van der Waals surface area contributed by atoms with Crippen LogP contribution >= 0.6 is 0 Å². The van der Waals surface area contributed by atoms with Crippen LogP contribution in [-0.2, 0) is 19.3 Å². The van der Waals surface area contributed by atoms with Crippen molar-refractivity contribution in [2.45, 2.75) is 64.0 Å². The second-order valence-corrected chi connectivity index (χ2v) is 15.5. The van der Waals surface area contributed by atoms with Crippen molar-refractivity contribution in [1.29, 1.82) is 0 Å². The summed E-state index contributed by atoms with van der Waals surface area (Å²) in [7, 11) is -8.11. The molecule has 0 aromatic heterocycles. The van der Waals surface area contributed by atoms with Gasteiger partial charge in [-0.05, 0) is 18.1 Å². The highest BCUT2D eigenvalue weighted by molar-refractivity contribution is 7.88. The third kappa shape index (κ3) is 5.87. The van der Waals surface area contributed by atoms with Crippen LogP contribution in [0.2, 0.25) is 18.1 Å². The van der Waals surface area contributed by atoms with Crippen LogP contribution in [0.15, 0.2) is 12.1 Å². The van der Waals surface area contributed by atoms with Gasteiger partial charge in [-0.15, -0.1) is 0 Å². The molecule has 0 spiro atoms. The summed E-state index contributed by atoms with van der Waals surface area (Å²) in [4.78, 5) is 12.3. The number of esters is 1. The van der Waals surface area contributed by atoms with Crippen molar-refractivity contribution in [2.75, 3.05) is 13.2 Å². The number of cyclic esters (lactones) is 1. The largest absolute Gasteiger partial charge is 0.534 e. The van der Waals surface area contributed by atoms with Gasteiger partial charge in [-0.1, -0.05) is 20.8 Å². The fourth-order valence-corrected chi connectivity index (χ4v) is 3.88. The minimum absolute atomic E-state index is 0.0184. The van der Waals surface area contributed by atoms with Crippen LogP contribution in [0.4, 0.5) is 13.2 Å². The van der Waals surface area contributed by atoms with Gasteiger partial charge in [0.15, 0.2) is 14.1 Å². The number of hydrogen-bond acceptors (Lipinski definition) is 8. The first-order valence-electron chi connectivity index (χ1n) is 9.64. The van der Waals surface area contributed by atoms with E-state index in [1.54, 1.807) is 0 Å². The second kappa shape index (κ2) is 8.41. The molecule has 1 heterocycles. The zero-order chi connectivity index (χ0) is 24.8. The van der Waals surface area contributed by atoms with E-state index in [0.717, 1.165) is 6.07 Å². The van der Waals surface area contributed by atoms with E-state index in [9.17, 15) is 26.4 Å². The Balaban J connectivity index is 2.32. The monoisotopic (exact) mass is 500 g/mol. The lowest BCUT2D eigenvalue weighted by atomic mass is 10.1. The summed E-state index contributed by atoms with van der Waals surface area (Å²) >= 11 is 0. The number of benzene rings is 1. The number of alkyl halides is 3. The number of carbonyl (C=O) groups excluding carboxylic acids is 1. The third-order valence-electron chi connectivity index (χ3n) is 5.04. The molecule has 0 amide bonds. The smallest absolute Gasteiger partial charge is 0.491 e. The Labute approximate surface area is 186 Å². The Hall–Kier alpha value is -1.99. The molecule has 0 unspecified atom stereocenters. The molecular formula is C19H27F3O8SSi. The Kier molecular flexibility index (Phi) is 6.90. The van der Waals surface area contributed by atoms with Crippen LogP contribution in [-0.4, -0.2) is 47.2 Å². The number of fused-ring (bicyclic) bond motifs is 1. The highest BCUT2D eigenvalue weighted by Crippen LogP contribution is 2.42. The summed E-state index contributed by atoms with van der Waals surface area (Å²) in [6.07, 6.45) is 0. The van der Waals surface area contributed by atoms with Crippen molar-refractivity contribution in [3.63, 3.8) is 0 Å². The molecule has 0 saturated carbocycles. The van der Waals surface area contributed by atoms with Gasteiger partial charge in [-0.25, -0.2) is 4.79 Å². The lowest BCUT2D eigenvalue weighted by Gasteiger charge is -2.36. The van der Waals surface area contributed by atoms with Gasteiger partial charge in [0, 0.05) is 26.0 Å². The lowest BCUT2D eigenvalue weighted by Crippen LogP contribution is -2.41. The normalized spacial score (nSPS) is 16.6. The first-order chi connectivity index (χ1) is 14.3. The Bertz CT molecular complexity index is 982. The van der Waals surface area contributed by atoms with Crippen LogP contribution in [0.3, 0.4) is 0 Å². The topological polar surface area (TPSA) is 97.4 Å². The van der Waals surface area contributed by atoms with E-state index in [4.69, 9.17) is 18.6 Å². The molecule has 32 heavy (non-hydrogen) atoms. The molecular weight excluding hydrogens is 473 g/mol. The molecule has 0 N–H and O–H groups in total. The molecule has 1 aliphatic heterocycles. The predicted molar refractivity (Wildman–Crippen MR) is 111 cm³/mol. The van der Waals surface area contributed by atoms with Crippen molar-refractivity contribution in [3.05, 3.63) is 17.7 Å². The minimum atomic E-state index is -6.05. The Morgan fingerprint density at radius 1 is 1.06 bits per heavy atom. The van der Waals surface area contributed by atoms with Crippen molar-refractivity contribution in [1.82, 2.24) is 0 Å². The van der Waals surface area contributed by atoms with E-state index < -0.39 is 47.0 Å². The molecule has 2 rings (SSSR count). The molecule has 0 atom stereocenters. The average Bonchev–Trinajstić information content (AvgIpc) is 2.54. The fraction of sp³-hybridized carbons (Fsp3) is 0.632. The maximum Gasteiger partial charge on any atom is 0.534 e. The van der Waals surface area contributed by atoms with E-state index in [1.165, 1.54) is 19.9 Å². The standard InChI is InChI=1S/C19H27F3O8SSi/c1-17(2,3)32(6,7)27-9-8-26-12-10-13-15(16(23)29-18(4,5)28-13)14(11-12)30-31(24,25)19(20,21)22/h10-11H,8-9H2,1-7H3. The van der Waals surface area contributed by atoms with Crippen molar-refractivity contribution in [3.8, 4) is 17.2 Å². The summed E-state index contributed by atoms with van der Waals surface area (Å²) in [5.41, 5.74) is -6.30. The SMILES string of the molecule is CC1(C)OC(=O)c2c(cc(OCCO[Si](C)(C)C(C)(C)C)cc2OS(=O)(=O)C(F)(F)F)O1. The number of rotatable bonds is 7. The van der Waals surface area contributed by atoms with Gasteiger partial charge in [0.05, 0.1) is 6.61 Å². The van der Waals surface area contributed by atoms with Gasteiger partial charge in [-0.3, -0.25) is 0 Å². The molecule has 8 nitrogen and oxygen atoms in total. The molecule has 13 heteroatoms. The molecule has 1 aromatic carbocycles. The summed E-state index contributed by atoms with van der Waals surface area (Å²) in [5, 5.41) is -0.0361. The molecule has 1 aliphatic rings. The Morgan fingerprint density at radius 3 is 2.19 bits per heavy atom. The van der Waals surface area contributed by atoms with Gasteiger partial charge in [0.25, 0.3) is 0 Å². The van der Waals surface area contributed by atoms with E-state index in [-0.39, 0.29) is 29.8 Å². The Morgan fingerprint density at radius 2 is 1.66 bits per heavy atom. The molecule has 0 saturated heterocycles. The predicted octanol–water partition coefficient (Wildman–Crippen LogP) is 4.60. The molecule has 182 valence electrons. The fourth-order valence-electron chi connectivity index (χ4n) is 2.39. The number of ether oxygens (including phenoxy) is 3. The van der Waals surface area contributed by atoms with Crippen LogP contribution in [0.1, 0.15) is 45.0 Å². The maximum absolute atomic E-state index is 12.8. The summed E-state index contributed by atoms with van der Waals surface area (Å²) in [6, 6.07) is 2.11. The quantitative estimate of drug-likeness (QED) is 0.176. The van der Waals surface area contributed by atoms with Crippen molar-refractivity contribution < 1.29 is 49.2 Å². The first kappa shape index (κ1) is 26.3. The summed E-state index contributed by atoms with van der Waals surface area (Å²) < 4.78 is 87.7. The van der Waals surface area contributed by atoms with Gasteiger partial charge >= 0.3 is 21.6 Å². The molecule has 0 bridgehead atoms. The number of halogens is 3. The van der Waals surface area contributed by atoms with Crippen LogP contribution in [0, 0.1) is 0 Å². The third-order valence-corrected chi connectivity index (χ3v) is 10.5. The maximum atomic E-state index is 12.8. The van der Waals surface area contributed by atoms with Crippen LogP contribution < -0.4 is 13.7 Å². The first-order valence-corrected chi connectivity index (χ1v) is 14.0.